The molecule has 0 saturated carbocycles. The summed E-state index contributed by atoms with van der Waals surface area (Å²) in [7, 11) is 0. The molecule has 1 saturated heterocycles. The first-order valence-corrected chi connectivity index (χ1v) is 6.50. The topological polar surface area (TPSA) is 59.2 Å². The van der Waals surface area contributed by atoms with Gasteiger partial charge in [-0.3, -0.25) is 4.79 Å². The number of hydrogen-bond acceptors (Lipinski definition) is 4. The summed E-state index contributed by atoms with van der Waals surface area (Å²) in [4.78, 5) is 17.9. The Bertz CT molecular complexity index is 342. The molecule has 0 spiro atoms. The van der Waals surface area contributed by atoms with Crippen LogP contribution in [-0.2, 0) is 4.79 Å². The minimum atomic E-state index is -0.378. The van der Waals surface area contributed by atoms with E-state index in [1.807, 2.05) is 16.5 Å². The second-order valence-corrected chi connectivity index (χ2v) is 5.18. The molecule has 16 heavy (non-hydrogen) atoms. The van der Waals surface area contributed by atoms with Crippen LogP contribution in [0.1, 0.15) is 30.7 Å². The zero-order valence-corrected chi connectivity index (χ0v) is 10.2. The summed E-state index contributed by atoms with van der Waals surface area (Å²) in [6.45, 7) is 3.37. The van der Waals surface area contributed by atoms with E-state index < -0.39 is 0 Å². The Hall–Kier alpha value is -0.940. The molecule has 1 unspecified atom stereocenters. The molecule has 1 amide bonds. The van der Waals surface area contributed by atoms with E-state index in [1.54, 1.807) is 18.3 Å². The van der Waals surface area contributed by atoms with Crippen molar-refractivity contribution >= 4 is 17.2 Å². The van der Waals surface area contributed by atoms with Gasteiger partial charge in [0.25, 0.3) is 0 Å². The Morgan fingerprint density at radius 1 is 1.62 bits per heavy atom. The lowest BCUT2D eigenvalue weighted by atomic mass is 9.97. The molecule has 1 aromatic heterocycles. The molecule has 1 fully saturated rings. The van der Waals surface area contributed by atoms with Crippen LogP contribution in [0.2, 0.25) is 0 Å². The van der Waals surface area contributed by atoms with Crippen molar-refractivity contribution in [1.29, 1.82) is 0 Å². The highest BCUT2D eigenvalue weighted by Gasteiger charge is 2.26. The standard InChI is InChI=1S/C11H17N3OS/c1-8(12)11(15)14-5-2-9(3-6-14)10-13-4-7-16-10/h4,7-9H,2-3,5-6,12H2,1H3. The SMILES string of the molecule is CC(N)C(=O)N1CCC(c2nccs2)CC1. The van der Waals surface area contributed by atoms with Gasteiger partial charge in [0, 0.05) is 30.6 Å². The number of carbonyl (C=O) groups excluding carboxylic acids is 1. The number of carbonyl (C=O) groups is 1. The summed E-state index contributed by atoms with van der Waals surface area (Å²) in [6, 6.07) is -0.378. The zero-order valence-electron chi connectivity index (χ0n) is 9.43. The van der Waals surface area contributed by atoms with Crippen molar-refractivity contribution in [2.75, 3.05) is 13.1 Å². The van der Waals surface area contributed by atoms with Gasteiger partial charge in [0.1, 0.15) is 0 Å². The lowest BCUT2D eigenvalue weighted by Gasteiger charge is -2.32. The summed E-state index contributed by atoms with van der Waals surface area (Å²) >= 11 is 1.71. The molecular weight excluding hydrogens is 222 g/mol. The molecule has 4 nitrogen and oxygen atoms in total. The number of amides is 1. The van der Waals surface area contributed by atoms with E-state index in [2.05, 4.69) is 4.98 Å². The van der Waals surface area contributed by atoms with E-state index in [4.69, 9.17) is 5.73 Å². The van der Waals surface area contributed by atoms with Crippen molar-refractivity contribution in [2.45, 2.75) is 31.7 Å². The number of nitrogens with two attached hydrogens (primary N) is 1. The molecule has 88 valence electrons. The van der Waals surface area contributed by atoms with Crippen LogP contribution in [0, 0.1) is 0 Å². The van der Waals surface area contributed by atoms with Gasteiger partial charge in [-0.25, -0.2) is 4.98 Å². The number of piperidine rings is 1. The highest BCUT2D eigenvalue weighted by molar-refractivity contribution is 7.09. The van der Waals surface area contributed by atoms with Gasteiger partial charge in [0.15, 0.2) is 0 Å². The van der Waals surface area contributed by atoms with Crippen molar-refractivity contribution in [3.05, 3.63) is 16.6 Å². The maximum atomic E-state index is 11.7. The van der Waals surface area contributed by atoms with Crippen LogP contribution in [0.5, 0.6) is 0 Å². The van der Waals surface area contributed by atoms with Crippen molar-refractivity contribution in [3.63, 3.8) is 0 Å². The lowest BCUT2D eigenvalue weighted by Crippen LogP contribution is -2.45. The minimum absolute atomic E-state index is 0.0672. The molecule has 2 rings (SSSR count). The zero-order chi connectivity index (χ0) is 11.5. The Labute approximate surface area is 99.5 Å². The average Bonchev–Trinajstić information content (AvgIpc) is 2.81. The normalized spacial score (nSPS) is 19.8. The maximum absolute atomic E-state index is 11.7. The fraction of sp³-hybridized carbons (Fsp3) is 0.636. The van der Waals surface area contributed by atoms with E-state index in [1.165, 1.54) is 5.01 Å². The predicted molar refractivity (Wildman–Crippen MR) is 64.3 cm³/mol. The van der Waals surface area contributed by atoms with Crippen molar-refractivity contribution < 1.29 is 4.79 Å². The van der Waals surface area contributed by atoms with Crippen molar-refractivity contribution in [3.8, 4) is 0 Å². The fourth-order valence-electron chi connectivity index (χ4n) is 2.07. The van der Waals surface area contributed by atoms with Gasteiger partial charge in [-0.2, -0.15) is 0 Å². The second-order valence-electron chi connectivity index (χ2n) is 4.26. The van der Waals surface area contributed by atoms with Crippen LogP contribution in [0.25, 0.3) is 0 Å². The van der Waals surface area contributed by atoms with Gasteiger partial charge in [-0.05, 0) is 19.8 Å². The van der Waals surface area contributed by atoms with Crippen molar-refractivity contribution in [2.24, 2.45) is 5.73 Å². The van der Waals surface area contributed by atoms with Crippen LogP contribution in [0.15, 0.2) is 11.6 Å². The first kappa shape index (κ1) is 11.5. The third-order valence-corrected chi connectivity index (χ3v) is 3.93. The third kappa shape index (κ3) is 2.41. The average molecular weight is 239 g/mol. The quantitative estimate of drug-likeness (QED) is 0.843. The molecule has 0 radical (unpaired) electrons. The Balaban J connectivity index is 1.90. The van der Waals surface area contributed by atoms with Gasteiger partial charge >= 0.3 is 0 Å². The molecule has 0 aliphatic carbocycles. The van der Waals surface area contributed by atoms with E-state index in [0.29, 0.717) is 5.92 Å². The van der Waals surface area contributed by atoms with E-state index in [-0.39, 0.29) is 11.9 Å². The molecule has 2 heterocycles. The molecule has 0 aromatic carbocycles. The van der Waals surface area contributed by atoms with Crippen LogP contribution in [-0.4, -0.2) is 34.9 Å². The van der Waals surface area contributed by atoms with Gasteiger partial charge < -0.3 is 10.6 Å². The van der Waals surface area contributed by atoms with E-state index in [0.717, 1.165) is 25.9 Å². The Kier molecular flexibility index (Phi) is 3.56. The van der Waals surface area contributed by atoms with E-state index in [9.17, 15) is 4.79 Å². The van der Waals surface area contributed by atoms with Gasteiger partial charge in [0.2, 0.25) is 5.91 Å². The summed E-state index contributed by atoms with van der Waals surface area (Å²) in [5.41, 5.74) is 5.59. The Morgan fingerprint density at radius 3 is 2.81 bits per heavy atom. The highest BCUT2D eigenvalue weighted by Crippen LogP contribution is 2.29. The first-order valence-electron chi connectivity index (χ1n) is 5.62. The minimum Gasteiger partial charge on any atom is -0.341 e. The first-order chi connectivity index (χ1) is 7.68. The number of rotatable bonds is 2. The van der Waals surface area contributed by atoms with Crippen LogP contribution >= 0.6 is 11.3 Å². The number of aromatic nitrogens is 1. The van der Waals surface area contributed by atoms with Crippen LogP contribution in [0.4, 0.5) is 0 Å². The van der Waals surface area contributed by atoms with Crippen molar-refractivity contribution in [1.82, 2.24) is 9.88 Å². The molecule has 2 N–H and O–H groups in total. The largest absolute Gasteiger partial charge is 0.341 e. The van der Waals surface area contributed by atoms with Gasteiger partial charge in [0.05, 0.1) is 11.0 Å². The third-order valence-electron chi connectivity index (χ3n) is 3.00. The van der Waals surface area contributed by atoms with Crippen LogP contribution < -0.4 is 5.73 Å². The number of hydrogen-bond donors (Lipinski definition) is 1. The molecule has 1 aliphatic rings. The molecule has 5 heteroatoms. The molecular formula is C11H17N3OS. The number of likely N-dealkylation sites (tertiary alicyclic amines) is 1. The Morgan fingerprint density at radius 2 is 2.31 bits per heavy atom. The second kappa shape index (κ2) is 4.93. The number of thiazole rings is 1. The summed E-state index contributed by atoms with van der Waals surface area (Å²) in [5, 5.41) is 3.21. The smallest absolute Gasteiger partial charge is 0.239 e. The maximum Gasteiger partial charge on any atom is 0.239 e. The summed E-state index contributed by atoms with van der Waals surface area (Å²) in [5.74, 6) is 0.592. The highest BCUT2D eigenvalue weighted by atomic mass is 32.1. The predicted octanol–water partition coefficient (Wildman–Crippen LogP) is 1.20. The fourth-order valence-corrected chi connectivity index (χ4v) is 2.88. The molecule has 1 aliphatic heterocycles. The molecule has 1 aromatic rings. The van der Waals surface area contributed by atoms with E-state index >= 15 is 0 Å². The summed E-state index contributed by atoms with van der Waals surface area (Å²) < 4.78 is 0. The summed E-state index contributed by atoms with van der Waals surface area (Å²) in [6.07, 6.45) is 3.86. The molecule has 0 bridgehead atoms. The van der Waals surface area contributed by atoms with Gasteiger partial charge in [-0.1, -0.05) is 0 Å². The van der Waals surface area contributed by atoms with Gasteiger partial charge in [-0.15, -0.1) is 11.3 Å². The monoisotopic (exact) mass is 239 g/mol. The number of nitrogens with zero attached hydrogens (tertiary/aromatic N) is 2. The van der Waals surface area contributed by atoms with Crippen LogP contribution in [0.3, 0.4) is 0 Å². The lowest BCUT2D eigenvalue weighted by molar-refractivity contribution is -0.133. The molecule has 1 atom stereocenters.